The predicted molar refractivity (Wildman–Crippen MR) is 88.3 cm³/mol. The molecule has 1 aromatic heterocycles. The Kier molecular flexibility index (Phi) is 5.91. The largest absolute Gasteiger partial charge is 0.363 e. The van der Waals surface area contributed by atoms with Crippen LogP contribution in [0, 0.1) is 0 Å². The first-order valence-electron chi connectivity index (χ1n) is 6.89. The molecule has 0 atom stereocenters. The van der Waals surface area contributed by atoms with Crippen LogP contribution in [0.4, 0.5) is 5.82 Å². The van der Waals surface area contributed by atoms with Crippen molar-refractivity contribution in [2.24, 2.45) is 0 Å². The number of rotatable bonds is 7. The summed E-state index contributed by atoms with van der Waals surface area (Å²) in [6.45, 7) is 1.80. The van der Waals surface area contributed by atoms with Crippen LogP contribution in [0.5, 0.6) is 0 Å². The minimum Gasteiger partial charge on any atom is -0.363 e. The van der Waals surface area contributed by atoms with Gasteiger partial charge in [-0.1, -0.05) is 28.0 Å². The summed E-state index contributed by atoms with van der Waals surface area (Å²) in [7, 11) is -3.75. The summed E-state index contributed by atoms with van der Waals surface area (Å²) in [5, 5.41) is 6.05. The number of halogens is 1. The molecule has 0 radical (unpaired) electrons. The Morgan fingerprint density at radius 2 is 2.00 bits per heavy atom. The highest BCUT2D eigenvalue weighted by Gasteiger charge is 2.26. The van der Waals surface area contributed by atoms with E-state index < -0.39 is 15.9 Å². The van der Waals surface area contributed by atoms with Crippen LogP contribution in [0.1, 0.15) is 13.3 Å². The van der Waals surface area contributed by atoms with Crippen molar-refractivity contribution >= 4 is 37.7 Å². The van der Waals surface area contributed by atoms with Crippen LogP contribution < -0.4 is 5.32 Å². The van der Waals surface area contributed by atoms with Gasteiger partial charge in [0, 0.05) is 17.1 Å². The zero-order valence-electron chi connectivity index (χ0n) is 12.4. The summed E-state index contributed by atoms with van der Waals surface area (Å²) in [6, 6.07) is 7.76. The molecule has 0 bridgehead atoms. The fraction of sp³-hybridized carbons (Fsp3) is 0.286. The van der Waals surface area contributed by atoms with Crippen LogP contribution in [-0.2, 0) is 14.8 Å². The average molecular weight is 402 g/mol. The Hall–Kier alpha value is -1.71. The van der Waals surface area contributed by atoms with Gasteiger partial charge in [0.05, 0.1) is 11.4 Å². The van der Waals surface area contributed by atoms with Crippen molar-refractivity contribution in [3.8, 4) is 0 Å². The second-order valence-electron chi connectivity index (χ2n) is 4.73. The number of nitrogens with one attached hydrogen (secondary N) is 1. The molecule has 23 heavy (non-hydrogen) atoms. The molecule has 0 unspecified atom stereocenters. The van der Waals surface area contributed by atoms with Crippen molar-refractivity contribution < 1.29 is 17.7 Å². The molecule has 0 spiro atoms. The van der Waals surface area contributed by atoms with Crippen LogP contribution in [-0.4, -0.2) is 36.9 Å². The van der Waals surface area contributed by atoms with Gasteiger partial charge in [-0.15, -0.1) is 0 Å². The predicted octanol–water partition coefficient (Wildman–Crippen LogP) is 2.48. The molecule has 124 valence electrons. The Morgan fingerprint density at radius 3 is 2.57 bits per heavy atom. The summed E-state index contributed by atoms with van der Waals surface area (Å²) >= 11 is 3.27. The molecule has 0 aliphatic carbocycles. The molecule has 1 amide bonds. The van der Waals surface area contributed by atoms with E-state index in [2.05, 4.69) is 30.9 Å². The summed E-state index contributed by atoms with van der Waals surface area (Å²) < 4.78 is 31.9. The third-order valence-corrected chi connectivity index (χ3v) is 5.34. The Balaban J connectivity index is 2.16. The first-order chi connectivity index (χ1) is 10.9. The number of amides is 1. The van der Waals surface area contributed by atoms with Gasteiger partial charge >= 0.3 is 0 Å². The van der Waals surface area contributed by atoms with E-state index in [1.54, 1.807) is 12.1 Å². The van der Waals surface area contributed by atoms with Crippen molar-refractivity contribution in [2.75, 3.05) is 18.4 Å². The summed E-state index contributed by atoms with van der Waals surface area (Å²) in [5.74, 6) is -0.236. The molecule has 0 saturated carbocycles. The van der Waals surface area contributed by atoms with Gasteiger partial charge in [0.1, 0.15) is 6.26 Å². The van der Waals surface area contributed by atoms with Gasteiger partial charge in [-0.05, 0) is 30.7 Å². The number of aromatic nitrogens is 1. The lowest BCUT2D eigenvalue weighted by atomic mass is 10.4. The van der Waals surface area contributed by atoms with Crippen LogP contribution in [0.3, 0.4) is 0 Å². The normalized spacial score (nSPS) is 11.6. The molecule has 0 saturated heterocycles. The Morgan fingerprint density at radius 1 is 1.30 bits per heavy atom. The van der Waals surface area contributed by atoms with Crippen LogP contribution in [0.2, 0.25) is 0 Å². The minimum absolute atomic E-state index is 0.142. The molecule has 0 fully saturated rings. The van der Waals surface area contributed by atoms with E-state index in [4.69, 9.17) is 0 Å². The molecule has 2 rings (SSSR count). The molecule has 7 nitrogen and oxygen atoms in total. The van der Waals surface area contributed by atoms with E-state index in [0.29, 0.717) is 6.42 Å². The monoisotopic (exact) mass is 401 g/mol. The second-order valence-corrected chi connectivity index (χ2v) is 7.58. The third-order valence-electron chi connectivity index (χ3n) is 2.95. The quantitative estimate of drug-likeness (QED) is 0.768. The zero-order valence-corrected chi connectivity index (χ0v) is 14.8. The van der Waals surface area contributed by atoms with Crippen molar-refractivity contribution in [2.45, 2.75) is 18.2 Å². The molecule has 2 aromatic rings. The Bertz CT molecular complexity index is 745. The highest BCUT2D eigenvalue weighted by Crippen LogP contribution is 2.19. The third kappa shape index (κ3) is 4.63. The highest BCUT2D eigenvalue weighted by molar-refractivity contribution is 9.10. The van der Waals surface area contributed by atoms with Gasteiger partial charge in [-0.25, -0.2) is 8.42 Å². The van der Waals surface area contributed by atoms with Gasteiger partial charge < -0.3 is 9.84 Å². The van der Waals surface area contributed by atoms with Crippen molar-refractivity contribution in [1.29, 1.82) is 0 Å². The van der Waals surface area contributed by atoms with Crippen molar-refractivity contribution in [3.05, 3.63) is 41.1 Å². The average Bonchev–Trinajstić information content (AvgIpc) is 3.00. The maximum atomic E-state index is 12.7. The number of sulfonamides is 1. The zero-order chi connectivity index (χ0) is 16.9. The molecule has 1 N–H and O–H groups in total. The van der Waals surface area contributed by atoms with E-state index in [0.717, 1.165) is 8.78 Å². The summed E-state index contributed by atoms with van der Waals surface area (Å²) in [5.41, 5.74) is 0. The number of hydrogen-bond acceptors (Lipinski definition) is 5. The fourth-order valence-electron chi connectivity index (χ4n) is 1.91. The van der Waals surface area contributed by atoms with Crippen LogP contribution >= 0.6 is 15.9 Å². The second kappa shape index (κ2) is 7.71. The summed E-state index contributed by atoms with van der Waals surface area (Å²) in [4.78, 5) is 12.2. The number of carbonyl (C=O) groups is 1. The van der Waals surface area contributed by atoms with E-state index in [-0.39, 0.29) is 23.8 Å². The lowest BCUT2D eigenvalue weighted by Gasteiger charge is -2.21. The first kappa shape index (κ1) is 17.6. The van der Waals surface area contributed by atoms with Gasteiger partial charge in [-0.2, -0.15) is 4.31 Å². The molecule has 9 heteroatoms. The SMILES string of the molecule is CCCN(CC(=O)Nc1ccon1)S(=O)(=O)c1ccc(Br)cc1. The topological polar surface area (TPSA) is 92.5 Å². The van der Waals surface area contributed by atoms with E-state index in [9.17, 15) is 13.2 Å². The Labute approximate surface area is 142 Å². The molecule has 1 aromatic carbocycles. The van der Waals surface area contributed by atoms with Crippen LogP contribution in [0.15, 0.2) is 50.5 Å². The standard InChI is InChI=1S/C14H16BrN3O4S/c1-2-8-18(10-14(19)16-13-7-9-22-17-13)23(20,21)12-5-3-11(15)4-6-12/h3-7,9H,2,8,10H2,1H3,(H,16,17,19). The van der Waals surface area contributed by atoms with E-state index >= 15 is 0 Å². The fourth-order valence-corrected chi connectivity index (χ4v) is 3.66. The minimum atomic E-state index is -3.75. The molecule has 0 aliphatic heterocycles. The van der Waals surface area contributed by atoms with Crippen LogP contribution in [0.25, 0.3) is 0 Å². The summed E-state index contributed by atoms with van der Waals surface area (Å²) in [6.07, 6.45) is 1.91. The molecular formula is C14H16BrN3O4S. The number of hydrogen-bond donors (Lipinski definition) is 1. The maximum Gasteiger partial charge on any atom is 0.243 e. The van der Waals surface area contributed by atoms with E-state index in [1.165, 1.54) is 24.5 Å². The van der Waals surface area contributed by atoms with Crippen molar-refractivity contribution in [1.82, 2.24) is 9.46 Å². The number of nitrogens with zero attached hydrogens (tertiary/aromatic N) is 2. The first-order valence-corrected chi connectivity index (χ1v) is 9.12. The van der Waals surface area contributed by atoms with Gasteiger partial charge in [0.15, 0.2) is 5.82 Å². The number of carbonyl (C=O) groups excluding carboxylic acids is 1. The lowest BCUT2D eigenvalue weighted by molar-refractivity contribution is -0.116. The molecular weight excluding hydrogens is 386 g/mol. The molecule has 1 heterocycles. The van der Waals surface area contributed by atoms with Gasteiger partial charge in [0.2, 0.25) is 15.9 Å². The maximum absolute atomic E-state index is 12.7. The van der Waals surface area contributed by atoms with E-state index in [1.807, 2.05) is 6.92 Å². The number of anilines is 1. The van der Waals surface area contributed by atoms with Gasteiger partial charge in [-0.3, -0.25) is 4.79 Å². The number of benzene rings is 1. The highest BCUT2D eigenvalue weighted by atomic mass is 79.9. The lowest BCUT2D eigenvalue weighted by Crippen LogP contribution is -2.38. The molecule has 0 aliphatic rings. The van der Waals surface area contributed by atoms with Crippen molar-refractivity contribution in [3.63, 3.8) is 0 Å². The van der Waals surface area contributed by atoms with Gasteiger partial charge in [0.25, 0.3) is 0 Å². The smallest absolute Gasteiger partial charge is 0.243 e.